The lowest BCUT2D eigenvalue weighted by Crippen LogP contribution is -2.51. The molecule has 1 saturated heterocycles. The zero-order chi connectivity index (χ0) is 17.2. The SMILES string of the molecule is CC(C)C[C@@]1(CO)CCCN1C(=O)c1nc(C(C)C)ncc1Cl. The third kappa shape index (κ3) is 3.66. The monoisotopic (exact) mass is 339 g/mol. The number of carbonyl (C=O) groups excluding carboxylic acids is 1. The average molecular weight is 340 g/mol. The highest BCUT2D eigenvalue weighted by atomic mass is 35.5. The molecule has 0 aromatic carbocycles. The van der Waals surface area contributed by atoms with Crippen molar-refractivity contribution < 1.29 is 9.90 Å². The van der Waals surface area contributed by atoms with E-state index in [1.165, 1.54) is 6.20 Å². The van der Waals surface area contributed by atoms with Crippen LogP contribution in [0.25, 0.3) is 0 Å². The third-order valence-corrected chi connectivity index (χ3v) is 4.68. The first kappa shape index (κ1) is 18.1. The second kappa shape index (κ2) is 7.14. The number of aliphatic hydroxyl groups excluding tert-OH is 1. The second-order valence-corrected chi connectivity index (χ2v) is 7.53. The number of hydrogen-bond donors (Lipinski definition) is 1. The van der Waals surface area contributed by atoms with Crippen molar-refractivity contribution in [3.05, 3.63) is 22.7 Å². The summed E-state index contributed by atoms with van der Waals surface area (Å²) in [5.41, 5.74) is -0.258. The van der Waals surface area contributed by atoms with Gasteiger partial charge in [0.15, 0.2) is 5.69 Å². The fourth-order valence-corrected chi connectivity index (χ4v) is 3.57. The molecule has 0 aliphatic carbocycles. The number of aromatic nitrogens is 2. The molecule has 1 atom stereocenters. The average Bonchev–Trinajstić information content (AvgIpc) is 2.90. The van der Waals surface area contributed by atoms with Gasteiger partial charge in [-0.3, -0.25) is 4.79 Å². The quantitative estimate of drug-likeness (QED) is 0.894. The molecule has 0 spiro atoms. The van der Waals surface area contributed by atoms with E-state index in [2.05, 4.69) is 23.8 Å². The van der Waals surface area contributed by atoms with E-state index < -0.39 is 5.54 Å². The van der Waals surface area contributed by atoms with Crippen LogP contribution < -0.4 is 0 Å². The van der Waals surface area contributed by atoms with Crippen LogP contribution in [0.3, 0.4) is 0 Å². The van der Waals surface area contributed by atoms with Gasteiger partial charge in [0, 0.05) is 12.5 Å². The summed E-state index contributed by atoms with van der Waals surface area (Å²) in [6.45, 7) is 8.76. The van der Waals surface area contributed by atoms with Crippen LogP contribution >= 0.6 is 11.6 Å². The molecule has 0 saturated carbocycles. The van der Waals surface area contributed by atoms with Crippen molar-refractivity contribution >= 4 is 17.5 Å². The number of hydrogen-bond acceptors (Lipinski definition) is 4. The van der Waals surface area contributed by atoms with Gasteiger partial charge >= 0.3 is 0 Å². The van der Waals surface area contributed by atoms with Crippen LogP contribution in [0, 0.1) is 5.92 Å². The van der Waals surface area contributed by atoms with Crippen LogP contribution in [0.4, 0.5) is 0 Å². The molecular weight excluding hydrogens is 314 g/mol. The summed E-state index contributed by atoms with van der Waals surface area (Å²) in [6.07, 6.45) is 3.97. The Labute approximate surface area is 143 Å². The van der Waals surface area contributed by atoms with Crippen LogP contribution in [0.2, 0.25) is 5.02 Å². The van der Waals surface area contributed by atoms with Crippen molar-refractivity contribution in [3.8, 4) is 0 Å². The van der Waals surface area contributed by atoms with Gasteiger partial charge in [-0.25, -0.2) is 9.97 Å². The van der Waals surface area contributed by atoms with Crippen molar-refractivity contribution in [1.29, 1.82) is 0 Å². The standard InChI is InChI=1S/C17H26ClN3O2/c1-11(2)8-17(10-22)6-5-7-21(17)16(23)14-13(18)9-19-15(20-14)12(3)4/h9,11-12,22H,5-8,10H2,1-4H3/t17-/m1/s1. The van der Waals surface area contributed by atoms with Crippen molar-refractivity contribution in [2.75, 3.05) is 13.2 Å². The zero-order valence-electron chi connectivity index (χ0n) is 14.3. The van der Waals surface area contributed by atoms with Crippen molar-refractivity contribution in [1.82, 2.24) is 14.9 Å². The maximum atomic E-state index is 13.0. The summed E-state index contributed by atoms with van der Waals surface area (Å²) in [5.74, 6) is 0.917. The molecule has 23 heavy (non-hydrogen) atoms. The molecule has 1 fully saturated rings. The summed E-state index contributed by atoms with van der Waals surface area (Å²) in [6, 6.07) is 0. The summed E-state index contributed by atoms with van der Waals surface area (Å²) >= 11 is 6.18. The van der Waals surface area contributed by atoms with E-state index in [1.807, 2.05) is 13.8 Å². The van der Waals surface area contributed by atoms with Crippen molar-refractivity contribution in [3.63, 3.8) is 0 Å². The first-order chi connectivity index (χ1) is 10.8. The van der Waals surface area contributed by atoms with E-state index >= 15 is 0 Å². The Morgan fingerprint density at radius 1 is 1.43 bits per heavy atom. The summed E-state index contributed by atoms with van der Waals surface area (Å²) < 4.78 is 0. The van der Waals surface area contributed by atoms with Crippen molar-refractivity contribution in [2.24, 2.45) is 5.92 Å². The second-order valence-electron chi connectivity index (χ2n) is 7.12. The van der Waals surface area contributed by atoms with E-state index in [-0.39, 0.29) is 29.1 Å². The maximum Gasteiger partial charge on any atom is 0.274 e. The largest absolute Gasteiger partial charge is 0.394 e. The number of halogens is 1. The molecule has 1 aromatic heterocycles. The molecule has 6 heteroatoms. The smallest absolute Gasteiger partial charge is 0.274 e. The molecule has 2 heterocycles. The van der Waals surface area contributed by atoms with Crippen LogP contribution in [0.15, 0.2) is 6.20 Å². The molecule has 0 bridgehead atoms. The van der Waals surface area contributed by atoms with Crippen LogP contribution in [0.5, 0.6) is 0 Å². The Balaban J connectivity index is 2.37. The zero-order valence-corrected chi connectivity index (χ0v) is 15.1. The van der Waals surface area contributed by atoms with Gasteiger partial charge in [-0.05, 0) is 25.2 Å². The van der Waals surface area contributed by atoms with Crippen molar-refractivity contribution in [2.45, 2.75) is 58.4 Å². The van der Waals surface area contributed by atoms with Gasteiger partial charge in [-0.15, -0.1) is 0 Å². The molecule has 1 aromatic rings. The molecule has 1 aliphatic rings. The van der Waals surface area contributed by atoms with E-state index in [4.69, 9.17) is 11.6 Å². The number of nitrogens with zero attached hydrogens (tertiary/aromatic N) is 3. The normalized spacial score (nSPS) is 21.5. The predicted molar refractivity (Wildman–Crippen MR) is 90.7 cm³/mol. The van der Waals surface area contributed by atoms with Crippen LogP contribution in [-0.2, 0) is 0 Å². The van der Waals surface area contributed by atoms with Gasteiger partial charge in [-0.1, -0.05) is 39.3 Å². The Bertz CT molecular complexity index is 577. The summed E-state index contributed by atoms with van der Waals surface area (Å²) in [7, 11) is 0. The first-order valence-corrected chi connectivity index (χ1v) is 8.64. The third-order valence-electron chi connectivity index (χ3n) is 4.41. The fourth-order valence-electron chi connectivity index (χ4n) is 3.39. The molecule has 5 nitrogen and oxygen atoms in total. The van der Waals surface area contributed by atoms with Gasteiger partial charge in [0.05, 0.1) is 23.4 Å². The number of amides is 1. The van der Waals surface area contributed by atoms with E-state index in [0.29, 0.717) is 18.3 Å². The lowest BCUT2D eigenvalue weighted by Gasteiger charge is -2.38. The Morgan fingerprint density at radius 2 is 2.13 bits per heavy atom. The van der Waals surface area contributed by atoms with Gasteiger partial charge in [0.25, 0.3) is 5.91 Å². The Morgan fingerprint density at radius 3 is 2.70 bits per heavy atom. The van der Waals surface area contributed by atoms with Gasteiger partial charge in [0.1, 0.15) is 5.82 Å². The van der Waals surface area contributed by atoms with Crippen LogP contribution in [-0.4, -0.2) is 44.6 Å². The number of carbonyl (C=O) groups is 1. The topological polar surface area (TPSA) is 66.3 Å². The lowest BCUT2D eigenvalue weighted by molar-refractivity contribution is 0.0327. The molecule has 0 unspecified atom stereocenters. The van der Waals surface area contributed by atoms with E-state index in [0.717, 1.165) is 19.3 Å². The minimum atomic E-state index is -0.502. The van der Waals surface area contributed by atoms with Crippen LogP contribution in [0.1, 0.15) is 69.2 Å². The number of likely N-dealkylation sites (tertiary alicyclic amines) is 1. The van der Waals surface area contributed by atoms with Gasteiger partial charge in [-0.2, -0.15) is 0 Å². The Hall–Kier alpha value is -1.20. The molecule has 0 radical (unpaired) electrons. The van der Waals surface area contributed by atoms with E-state index in [1.54, 1.807) is 4.90 Å². The predicted octanol–water partition coefficient (Wildman–Crippen LogP) is 3.27. The molecule has 1 N–H and O–H groups in total. The van der Waals surface area contributed by atoms with Gasteiger partial charge < -0.3 is 10.0 Å². The molecule has 128 valence electrons. The highest BCUT2D eigenvalue weighted by Gasteiger charge is 2.44. The van der Waals surface area contributed by atoms with E-state index in [9.17, 15) is 9.90 Å². The first-order valence-electron chi connectivity index (χ1n) is 8.26. The summed E-state index contributed by atoms with van der Waals surface area (Å²) in [5, 5.41) is 10.3. The molecule has 2 rings (SSSR count). The minimum absolute atomic E-state index is 0.0311. The molecule has 1 aliphatic heterocycles. The Kier molecular flexibility index (Phi) is 5.63. The number of aliphatic hydroxyl groups is 1. The summed E-state index contributed by atoms with van der Waals surface area (Å²) in [4.78, 5) is 23.4. The molecule has 1 amide bonds. The highest BCUT2D eigenvalue weighted by Crippen LogP contribution is 2.36. The van der Waals surface area contributed by atoms with Gasteiger partial charge in [0.2, 0.25) is 0 Å². The maximum absolute atomic E-state index is 13.0. The number of rotatable bonds is 5. The fraction of sp³-hybridized carbons (Fsp3) is 0.706. The lowest BCUT2D eigenvalue weighted by atomic mass is 9.87. The highest BCUT2D eigenvalue weighted by molar-refractivity contribution is 6.33. The minimum Gasteiger partial charge on any atom is -0.394 e. The molecular formula is C17H26ClN3O2.